The zero-order valence-corrected chi connectivity index (χ0v) is 16.7. The first kappa shape index (κ1) is 19.3. The predicted octanol–water partition coefficient (Wildman–Crippen LogP) is 3.54. The fraction of sp³-hybridized carbons (Fsp3) is 0.391. The molecule has 1 aromatic carbocycles. The number of carbonyl (C=O) groups excluding carboxylic acids is 1. The Balaban J connectivity index is 1.37. The fourth-order valence-corrected chi connectivity index (χ4v) is 3.97. The molecule has 150 valence electrons. The lowest BCUT2D eigenvalue weighted by molar-refractivity contribution is 0.0595. The van der Waals surface area contributed by atoms with Gasteiger partial charge in [0, 0.05) is 31.0 Å². The number of aromatic nitrogens is 4. The Labute approximate surface area is 171 Å². The van der Waals surface area contributed by atoms with Gasteiger partial charge in [0.05, 0.1) is 6.20 Å². The molecule has 6 heteroatoms. The van der Waals surface area contributed by atoms with Gasteiger partial charge in [-0.05, 0) is 56.2 Å². The normalized spacial score (nSPS) is 16.7. The van der Waals surface area contributed by atoms with Gasteiger partial charge in [0.2, 0.25) is 0 Å². The molecular formula is C23H27N5O. The van der Waals surface area contributed by atoms with Gasteiger partial charge in [0.15, 0.2) is 5.69 Å². The van der Waals surface area contributed by atoms with Crippen LogP contribution in [0, 0.1) is 0 Å². The smallest absolute Gasteiger partial charge is 0.276 e. The lowest BCUT2D eigenvalue weighted by atomic mass is 9.96. The van der Waals surface area contributed by atoms with Crippen molar-refractivity contribution in [2.45, 2.75) is 51.1 Å². The molecule has 1 aliphatic heterocycles. The van der Waals surface area contributed by atoms with Gasteiger partial charge in [0.1, 0.15) is 0 Å². The number of hydrogen-bond donors (Lipinski definition) is 0. The number of likely N-dealkylation sites (tertiary alicyclic amines) is 1. The monoisotopic (exact) mass is 389 g/mol. The van der Waals surface area contributed by atoms with Crippen molar-refractivity contribution in [3.05, 3.63) is 77.9 Å². The molecule has 0 spiro atoms. The molecule has 1 saturated heterocycles. The summed E-state index contributed by atoms with van der Waals surface area (Å²) < 4.78 is 1.77. The second kappa shape index (κ2) is 9.45. The van der Waals surface area contributed by atoms with Gasteiger partial charge >= 0.3 is 0 Å². The molecule has 1 aliphatic rings. The molecule has 1 atom stereocenters. The first-order chi connectivity index (χ1) is 14.3. The van der Waals surface area contributed by atoms with Crippen molar-refractivity contribution in [2.75, 3.05) is 6.54 Å². The number of pyridine rings is 1. The van der Waals surface area contributed by atoms with Gasteiger partial charge < -0.3 is 4.90 Å². The van der Waals surface area contributed by atoms with E-state index in [1.165, 1.54) is 12.0 Å². The lowest BCUT2D eigenvalue weighted by Crippen LogP contribution is -2.44. The van der Waals surface area contributed by atoms with Crippen molar-refractivity contribution >= 4 is 5.91 Å². The molecule has 1 amide bonds. The summed E-state index contributed by atoms with van der Waals surface area (Å²) in [4.78, 5) is 19.5. The zero-order valence-electron chi connectivity index (χ0n) is 16.7. The number of rotatable bonds is 7. The molecule has 2 aromatic heterocycles. The third-order valence-corrected chi connectivity index (χ3v) is 5.58. The summed E-state index contributed by atoms with van der Waals surface area (Å²) in [7, 11) is 0. The highest BCUT2D eigenvalue weighted by Crippen LogP contribution is 2.22. The maximum atomic E-state index is 13.1. The van der Waals surface area contributed by atoms with Crippen molar-refractivity contribution in [3.63, 3.8) is 0 Å². The fourth-order valence-electron chi connectivity index (χ4n) is 3.97. The number of carbonyl (C=O) groups is 1. The Hall–Kier alpha value is -3.02. The molecule has 0 aliphatic carbocycles. The van der Waals surface area contributed by atoms with Gasteiger partial charge in [-0.3, -0.25) is 14.5 Å². The molecule has 3 aromatic rings. The summed E-state index contributed by atoms with van der Waals surface area (Å²) in [6.07, 6.45) is 9.57. The minimum absolute atomic E-state index is 0.00156. The van der Waals surface area contributed by atoms with Gasteiger partial charge in [-0.15, -0.1) is 5.10 Å². The molecular weight excluding hydrogens is 362 g/mol. The van der Waals surface area contributed by atoms with Gasteiger partial charge in [-0.25, -0.2) is 0 Å². The van der Waals surface area contributed by atoms with Crippen LogP contribution >= 0.6 is 0 Å². The van der Waals surface area contributed by atoms with Gasteiger partial charge in [-0.2, -0.15) is 0 Å². The molecule has 1 fully saturated rings. The minimum Gasteiger partial charge on any atom is -0.334 e. The van der Waals surface area contributed by atoms with E-state index in [1.807, 2.05) is 47.5 Å². The topological polar surface area (TPSA) is 63.9 Å². The van der Waals surface area contributed by atoms with E-state index in [2.05, 4.69) is 27.4 Å². The Kier molecular flexibility index (Phi) is 6.29. The number of nitrogens with zero attached hydrogens (tertiary/aromatic N) is 5. The van der Waals surface area contributed by atoms with Crippen LogP contribution in [0.15, 0.2) is 60.9 Å². The maximum Gasteiger partial charge on any atom is 0.276 e. The number of hydrogen-bond acceptors (Lipinski definition) is 4. The minimum atomic E-state index is 0.00156. The van der Waals surface area contributed by atoms with E-state index < -0.39 is 0 Å². The Morgan fingerprint density at radius 2 is 1.90 bits per heavy atom. The molecule has 0 bridgehead atoms. The van der Waals surface area contributed by atoms with Crippen molar-refractivity contribution in [3.8, 4) is 0 Å². The highest BCUT2D eigenvalue weighted by atomic mass is 16.2. The number of aryl methyl sites for hydroxylation is 3. The van der Waals surface area contributed by atoms with Crippen molar-refractivity contribution < 1.29 is 4.79 Å². The summed E-state index contributed by atoms with van der Waals surface area (Å²) in [5, 5.41) is 8.34. The molecule has 3 heterocycles. The Morgan fingerprint density at radius 3 is 2.72 bits per heavy atom. The Morgan fingerprint density at radius 1 is 1.03 bits per heavy atom. The SMILES string of the molecule is O=C(c1cn(CCc2ccccc2)nn1)N1CCCC[C@H]1CCc1ccccn1. The largest absolute Gasteiger partial charge is 0.334 e. The second-order valence-electron chi connectivity index (χ2n) is 7.61. The molecule has 0 radical (unpaired) electrons. The second-order valence-corrected chi connectivity index (χ2v) is 7.61. The Bertz CT molecular complexity index is 909. The summed E-state index contributed by atoms with van der Waals surface area (Å²) in [6.45, 7) is 1.51. The van der Waals surface area contributed by atoms with Crippen LogP contribution in [0.3, 0.4) is 0 Å². The molecule has 0 unspecified atom stereocenters. The van der Waals surface area contributed by atoms with E-state index in [1.54, 1.807) is 10.9 Å². The maximum absolute atomic E-state index is 13.1. The van der Waals surface area contributed by atoms with E-state index in [-0.39, 0.29) is 11.9 Å². The molecule has 0 N–H and O–H groups in total. The van der Waals surface area contributed by atoms with E-state index in [9.17, 15) is 4.79 Å². The van der Waals surface area contributed by atoms with Crippen molar-refractivity contribution in [1.82, 2.24) is 24.9 Å². The van der Waals surface area contributed by atoms with Crippen LogP contribution in [0.25, 0.3) is 0 Å². The average Bonchev–Trinajstić information content (AvgIpc) is 3.26. The summed E-state index contributed by atoms with van der Waals surface area (Å²) in [5.41, 5.74) is 2.78. The van der Waals surface area contributed by atoms with Crippen molar-refractivity contribution in [1.29, 1.82) is 0 Å². The van der Waals surface area contributed by atoms with Crippen LogP contribution in [0.1, 0.15) is 47.4 Å². The zero-order chi connectivity index (χ0) is 19.9. The first-order valence-electron chi connectivity index (χ1n) is 10.4. The van der Waals surface area contributed by atoms with Crippen LogP contribution in [0.4, 0.5) is 0 Å². The van der Waals surface area contributed by atoms with Crippen molar-refractivity contribution in [2.24, 2.45) is 0 Å². The highest BCUT2D eigenvalue weighted by Gasteiger charge is 2.28. The highest BCUT2D eigenvalue weighted by molar-refractivity contribution is 5.92. The third kappa shape index (κ3) is 5.08. The summed E-state index contributed by atoms with van der Waals surface area (Å²) in [5.74, 6) is 0.00156. The van der Waals surface area contributed by atoms with Crippen LogP contribution in [0.5, 0.6) is 0 Å². The van der Waals surface area contributed by atoms with E-state index in [4.69, 9.17) is 0 Å². The van der Waals surface area contributed by atoms with Gasteiger partial charge in [0.25, 0.3) is 5.91 Å². The van der Waals surface area contributed by atoms with Crippen LogP contribution in [-0.2, 0) is 19.4 Å². The third-order valence-electron chi connectivity index (χ3n) is 5.58. The van der Waals surface area contributed by atoms with Crippen LogP contribution < -0.4 is 0 Å². The quantitative estimate of drug-likeness (QED) is 0.620. The van der Waals surface area contributed by atoms with E-state index in [0.29, 0.717) is 12.2 Å². The van der Waals surface area contributed by atoms with Crippen LogP contribution in [-0.4, -0.2) is 43.4 Å². The number of piperidine rings is 1. The molecule has 0 saturated carbocycles. The van der Waals surface area contributed by atoms with Crippen LogP contribution in [0.2, 0.25) is 0 Å². The lowest BCUT2D eigenvalue weighted by Gasteiger charge is -2.35. The standard InChI is InChI=1S/C23H27N5O/c29-23(22-18-27(26-25-22)17-14-19-8-2-1-3-9-19)28-16-7-5-11-21(28)13-12-20-10-4-6-15-24-20/h1-4,6,8-10,15,18,21H,5,7,11-14,16-17H2/t21-/m0/s1. The van der Waals surface area contributed by atoms with E-state index in [0.717, 1.165) is 44.3 Å². The molecule has 4 rings (SSSR count). The molecule has 6 nitrogen and oxygen atoms in total. The predicted molar refractivity (Wildman–Crippen MR) is 111 cm³/mol. The van der Waals surface area contributed by atoms with Gasteiger partial charge in [-0.1, -0.05) is 41.6 Å². The number of benzene rings is 1. The summed E-state index contributed by atoms with van der Waals surface area (Å²) in [6, 6.07) is 16.5. The summed E-state index contributed by atoms with van der Waals surface area (Å²) >= 11 is 0. The average molecular weight is 390 g/mol. The molecule has 29 heavy (non-hydrogen) atoms. The number of amides is 1. The first-order valence-corrected chi connectivity index (χ1v) is 10.4. The van der Waals surface area contributed by atoms with E-state index >= 15 is 0 Å².